The summed E-state index contributed by atoms with van der Waals surface area (Å²) in [6.07, 6.45) is 1.57. The molecular formula is C26H25N5O3S. The highest BCUT2D eigenvalue weighted by molar-refractivity contribution is 7.99. The summed E-state index contributed by atoms with van der Waals surface area (Å²) in [5, 5.41) is 13.4. The first-order valence-corrected chi connectivity index (χ1v) is 11.8. The number of carbonyl (C=O) groups is 1. The van der Waals surface area contributed by atoms with E-state index in [4.69, 9.17) is 9.47 Å². The quantitative estimate of drug-likeness (QED) is 0.212. The smallest absolute Gasteiger partial charge is 0.250 e. The van der Waals surface area contributed by atoms with Crippen LogP contribution in [0.15, 0.2) is 83.1 Å². The first-order chi connectivity index (χ1) is 17.1. The van der Waals surface area contributed by atoms with Crippen molar-refractivity contribution in [3.05, 3.63) is 83.9 Å². The number of methoxy groups -OCH3 is 2. The highest BCUT2D eigenvalue weighted by atomic mass is 32.2. The van der Waals surface area contributed by atoms with E-state index in [-0.39, 0.29) is 11.7 Å². The van der Waals surface area contributed by atoms with E-state index < -0.39 is 0 Å². The van der Waals surface area contributed by atoms with Crippen LogP contribution >= 0.6 is 11.8 Å². The second kappa shape index (κ2) is 11.3. The van der Waals surface area contributed by atoms with Crippen LogP contribution in [-0.4, -0.2) is 46.9 Å². The Labute approximate surface area is 208 Å². The van der Waals surface area contributed by atoms with Gasteiger partial charge in [-0.1, -0.05) is 53.7 Å². The van der Waals surface area contributed by atoms with Gasteiger partial charge in [-0.05, 0) is 48.9 Å². The van der Waals surface area contributed by atoms with Gasteiger partial charge in [0.2, 0.25) is 0 Å². The van der Waals surface area contributed by atoms with Gasteiger partial charge < -0.3 is 9.47 Å². The molecule has 0 radical (unpaired) electrons. The van der Waals surface area contributed by atoms with Crippen LogP contribution in [0.3, 0.4) is 0 Å². The minimum absolute atomic E-state index is 0.123. The van der Waals surface area contributed by atoms with Crippen LogP contribution in [0.1, 0.15) is 11.1 Å². The molecule has 8 nitrogen and oxygen atoms in total. The maximum atomic E-state index is 12.4. The molecule has 4 aromatic rings. The topological polar surface area (TPSA) is 90.6 Å². The van der Waals surface area contributed by atoms with E-state index >= 15 is 0 Å². The van der Waals surface area contributed by atoms with Crippen molar-refractivity contribution in [1.82, 2.24) is 20.2 Å². The molecule has 1 N–H and O–H groups in total. The van der Waals surface area contributed by atoms with Gasteiger partial charge in [0.1, 0.15) is 11.5 Å². The highest BCUT2D eigenvalue weighted by Gasteiger charge is 2.17. The predicted octanol–water partition coefficient (Wildman–Crippen LogP) is 4.50. The van der Waals surface area contributed by atoms with Crippen LogP contribution in [0, 0.1) is 6.92 Å². The van der Waals surface area contributed by atoms with Gasteiger partial charge in [-0.25, -0.2) is 5.43 Å². The molecule has 1 aromatic heterocycles. The van der Waals surface area contributed by atoms with E-state index in [2.05, 4.69) is 20.7 Å². The minimum Gasteiger partial charge on any atom is -0.497 e. The third-order valence-corrected chi connectivity index (χ3v) is 6.03. The first-order valence-electron chi connectivity index (χ1n) is 10.8. The van der Waals surface area contributed by atoms with E-state index in [0.29, 0.717) is 11.0 Å². The summed E-state index contributed by atoms with van der Waals surface area (Å²) in [6.45, 7) is 2.04. The van der Waals surface area contributed by atoms with Crippen LogP contribution < -0.4 is 14.9 Å². The normalized spacial score (nSPS) is 10.9. The SMILES string of the molecule is COc1ccc(-n2c(SCC(=O)N/N=C/c3cccc(OC)c3)nnc2-c2ccc(C)cc2)cc1. The molecule has 178 valence electrons. The van der Waals surface area contributed by atoms with E-state index in [1.807, 2.05) is 84.3 Å². The minimum atomic E-state index is -0.254. The molecule has 3 aromatic carbocycles. The number of ether oxygens (including phenoxy) is 2. The van der Waals surface area contributed by atoms with Crippen molar-refractivity contribution < 1.29 is 14.3 Å². The zero-order valence-corrected chi connectivity index (χ0v) is 20.5. The standard InChI is InChI=1S/C26H25N5O3S/c1-18-7-9-20(10-8-18)25-29-30-26(31(25)21-11-13-22(33-2)14-12-21)35-17-24(32)28-27-16-19-5-4-6-23(15-19)34-3/h4-16H,17H2,1-3H3,(H,28,32)/b27-16+. The summed E-state index contributed by atoms with van der Waals surface area (Å²) in [4.78, 5) is 12.4. The molecule has 4 rings (SSSR count). The molecule has 0 aliphatic carbocycles. The molecule has 0 saturated heterocycles. The zero-order chi connectivity index (χ0) is 24.6. The summed E-state index contributed by atoms with van der Waals surface area (Å²) < 4.78 is 12.4. The number of hydrazone groups is 1. The van der Waals surface area contributed by atoms with Gasteiger partial charge in [0.25, 0.3) is 5.91 Å². The van der Waals surface area contributed by atoms with Crippen molar-refractivity contribution in [2.75, 3.05) is 20.0 Å². The number of aromatic nitrogens is 3. The van der Waals surface area contributed by atoms with Crippen molar-refractivity contribution in [1.29, 1.82) is 0 Å². The number of nitrogens with zero attached hydrogens (tertiary/aromatic N) is 4. The Morgan fingerprint density at radius 3 is 2.46 bits per heavy atom. The highest BCUT2D eigenvalue weighted by Crippen LogP contribution is 2.29. The van der Waals surface area contributed by atoms with Gasteiger partial charge in [0, 0.05) is 11.3 Å². The molecule has 0 aliphatic rings. The maximum Gasteiger partial charge on any atom is 0.250 e. The molecule has 0 atom stereocenters. The molecular weight excluding hydrogens is 462 g/mol. The van der Waals surface area contributed by atoms with E-state index in [1.165, 1.54) is 11.8 Å². The van der Waals surface area contributed by atoms with E-state index in [0.717, 1.165) is 33.9 Å². The van der Waals surface area contributed by atoms with Crippen LogP contribution in [-0.2, 0) is 4.79 Å². The van der Waals surface area contributed by atoms with Gasteiger partial charge in [0.15, 0.2) is 11.0 Å². The van der Waals surface area contributed by atoms with Crippen molar-refractivity contribution in [2.45, 2.75) is 12.1 Å². The van der Waals surface area contributed by atoms with Crippen molar-refractivity contribution in [3.63, 3.8) is 0 Å². The molecule has 0 unspecified atom stereocenters. The number of nitrogens with one attached hydrogen (secondary N) is 1. The molecule has 1 heterocycles. The maximum absolute atomic E-state index is 12.4. The molecule has 0 bridgehead atoms. The van der Waals surface area contributed by atoms with Gasteiger partial charge in [0.05, 0.1) is 26.2 Å². The fraction of sp³-hybridized carbons (Fsp3) is 0.154. The molecule has 1 amide bonds. The number of thioether (sulfide) groups is 1. The van der Waals surface area contributed by atoms with Gasteiger partial charge in [-0.3, -0.25) is 9.36 Å². The van der Waals surface area contributed by atoms with Gasteiger partial charge in [-0.2, -0.15) is 5.10 Å². The Balaban J connectivity index is 1.51. The largest absolute Gasteiger partial charge is 0.497 e. The van der Waals surface area contributed by atoms with Crippen molar-refractivity contribution >= 4 is 23.9 Å². The molecule has 35 heavy (non-hydrogen) atoms. The number of rotatable bonds is 9. The number of amides is 1. The average Bonchev–Trinajstić information content (AvgIpc) is 3.32. The Bertz CT molecular complexity index is 1320. The number of hydrogen-bond acceptors (Lipinski definition) is 7. The van der Waals surface area contributed by atoms with E-state index in [1.54, 1.807) is 20.4 Å². The molecule has 9 heteroatoms. The van der Waals surface area contributed by atoms with E-state index in [9.17, 15) is 4.79 Å². The summed E-state index contributed by atoms with van der Waals surface area (Å²) in [5.41, 5.74) is 6.32. The molecule has 0 aliphatic heterocycles. The van der Waals surface area contributed by atoms with Gasteiger partial charge in [-0.15, -0.1) is 10.2 Å². The fourth-order valence-corrected chi connectivity index (χ4v) is 4.02. The summed E-state index contributed by atoms with van der Waals surface area (Å²) in [7, 11) is 3.23. The lowest BCUT2D eigenvalue weighted by atomic mass is 10.1. The lowest BCUT2D eigenvalue weighted by molar-refractivity contribution is -0.118. The Hall–Kier alpha value is -4.11. The lowest BCUT2D eigenvalue weighted by Gasteiger charge is -2.11. The number of carbonyl (C=O) groups excluding carboxylic acids is 1. The fourth-order valence-electron chi connectivity index (χ4n) is 3.28. The number of benzene rings is 3. The Morgan fingerprint density at radius 2 is 1.74 bits per heavy atom. The number of aryl methyl sites for hydroxylation is 1. The third-order valence-electron chi connectivity index (χ3n) is 5.10. The molecule has 0 saturated carbocycles. The van der Waals surface area contributed by atoms with Crippen molar-refractivity contribution in [3.8, 4) is 28.6 Å². The van der Waals surface area contributed by atoms with Gasteiger partial charge >= 0.3 is 0 Å². The monoisotopic (exact) mass is 487 g/mol. The average molecular weight is 488 g/mol. The number of hydrogen-bond donors (Lipinski definition) is 1. The predicted molar refractivity (Wildman–Crippen MR) is 138 cm³/mol. The van der Waals surface area contributed by atoms with Crippen molar-refractivity contribution in [2.24, 2.45) is 5.10 Å². The summed E-state index contributed by atoms with van der Waals surface area (Å²) in [6, 6.07) is 23.1. The summed E-state index contributed by atoms with van der Waals surface area (Å²) in [5.74, 6) is 2.03. The zero-order valence-electron chi connectivity index (χ0n) is 19.6. The second-order valence-electron chi connectivity index (χ2n) is 7.56. The molecule has 0 fully saturated rings. The van der Waals surface area contributed by atoms with Crippen LogP contribution in [0.4, 0.5) is 0 Å². The Kier molecular flexibility index (Phi) is 7.79. The van der Waals surface area contributed by atoms with Crippen LogP contribution in [0.5, 0.6) is 11.5 Å². The summed E-state index contributed by atoms with van der Waals surface area (Å²) >= 11 is 1.28. The Morgan fingerprint density at radius 1 is 1.00 bits per heavy atom. The third kappa shape index (κ3) is 6.07. The van der Waals surface area contributed by atoms with Crippen LogP contribution in [0.25, 0.3) is 17.1 Å². The second-order valence-corrected chi connectivity index (χ2v) is 8.51. The first kappa shape index (κ1) is 24.0. The molecule has 0 spiro atoms. The lowest BCUT2D eigenvalue weighted by Crippen LogP contribution is -2.20. The van der Waals surface area contributed by atoms with Crippen LogP contribution in [0.2, 0.25) is 0 Å².